The van der Waals surface area contributed by atoms with Gasteiger partial charge >= 0.3 is 0 Å². The number of carbonyl (C=O) groups excluding carboxylic acids is 1. The molecule has 0 unspecified atom stereocenters. The van der Waals surface area contributed by atoms with Gasteiger partial charge in [0.05, 0.1) is 24.2 Å². The lowest BCUT2D eigenvalue weighted by atomic mass is 10.1. The summed E-state index contributed by atoms with van der Waals surface area (Å²) in [6.45, 7) is 3.05. The number of ether oxygens (including phenoxy) is 1. The van der Waals surface area contributed by atoms with Crippen LogP contribution in [0.3, 0.4) is 0 Å². The van der Waals surface area contributed by atoms with Crippen molar-refractivity contribution < 1.29 is 9.53 Å². The molecule has 1 aliphatic heterocycles. The smallest absolute Gasteiger partial charge is 0.227 e. The number of halogens is 1. The van der Waals surface area contributed by atoms with Gasteiger partial charge in [0.1, 0.15) is 5.75 Å². The van der Waals surface area contributed by atoms with Crippen molar-refractivity contribution in [2.75, 3.05) is 38.2 Å². The molecule has 24 heavy (non-hydrogen) atoms. The molecule has 126 valence electrons. The molecule has 1 aliphatic rings. The molecule has 1 fully saturated rings. The predicted molar refractivity (Wildman–Crippen MR) is 96.9 cm³/mol. The van der Waals surface area contributed by atoms with E-state index in [0.29, 0.717) is 6.42 Å². The van der Waals surface area contributed by atoms with Crippen molar-refractivity contribution in [2.24, 2.45) is 0 Å². The van der Waals surface area contributed by atoms with Crippen LogP contribution >= 0.6 is 11.6 Å². The van der Waals surface area contributed by atoms with Gasteiger partial charge in [-0.1, -0.05) is 35.9 Å². The Hall–Kier alpha value is -2.20. The Morgan fingerprint density at radius 3 is 2.33 bits per heavy atom. The largest absolute Gasteiger partial charge is 0.497 e. The molecule has 4 nitrogen and oxygen atoms in total. The van der Waals surface area contributed by atoms with Crippen molar-refractivity contribution in [3.63, 3.8) is 0 Å². The van der Waals surface area contributed by atoms with Crippen molar-refractivity contribution in [3.05, 3.63) is 59.1 Å². The molecule has 1 amide bonds. The number of benzene rings is 2. The lowest BCUT2D eigenvalue weighted by molar-refractivity contribution is -0.130. The minimum absolute atomic E-state index is 0.166. The summed E-state index contributed by atoms with van der Waals surface area (Å²) >= 11 is 6.26. The average Bonchev–Trinajstić information content (AvgIpc) is 2.63. The lowest BCUT2D eigenvalue weighted by Gasteiger charge is -2.36. The van der Waals surface area contributed by atoms with Gasteiger partial charge in [0.2, 0.25) is 5.91 Å². The van der Waals surface area contributed by atoms with E-state index in [1.54, 1.807) is 7.11 Å². The third kappa shape index (κ3) is 3.82. The summed E-state index contributed by atoms with van der Waals surface area (Å²) in [4.78, 5) is 16.6. The summed E-state index contributed by atoms with van der Waals surface area (Å²) in [5.41, 5.74) is 2.05. The van der Waals surface area contributed by atoms with Crippen LogP contribution in [-0.2, 0) is 11.2 Å². The first kappa shape index (κ1) is 16.7. The van der Waals surface area contributed by atoms with Crippen LogP contribution in [0.1, 0.15) is 5.56 Å². The van der Waals surface area contributed by atoms with Crippen LogP contribution in [-0.4, -0.2) is 44.1 Å². The fourth-order valence-electron chi connectivity index (χ4n) is 2.93. The Bertz CT molecular complexity index is 695. The van der Waals surface area contributed by atoms with Gasteiger partial charge in [0.25, 0.3) is 0 Å². The highest BCUT2D eigenvalue weighted by Crippen LogP contribution is 2.26. The molecule has 2 aromatic carbocycles. The summed E-state index contributed by atoms with van der Waals surface area (Å²) in [5.74, 6) is 0.971. The number of para-hydroxylation sites is 1. The predicted octanol–water partition coefficient (Wildman–Crippen LogP) is 3.24. The van der Waals surface area contributed by atoms with Crippen LogP contribution in [0.5, 0.6) is 5.75 Å². The molecular formula is C19H21ClN2O2. The molecule has 0 N–H and O–H groups in total. The first-order valence-corrected chi connectivity index (χ1v) is 8.45. The topological polar surface area (TPSA) is 32.8 Å². The summed E-state index contributed by atoms with van der Waals surface area (Å²) in [7, 11) is 1.64. The summed E-state index contributed by atoms with van der Waals surface area (Å²) in [5, 5.41) is 0.760. The number of amides is 1. The number of piperazine rings is 1. The van der Waals surface area contributed by atoms with E-state index >= 15 is 0 Å². The zero-order chi connectivity index (χ0) is 16.9. The van der Waals surface area contributed by atoms with Crippen LogP contribution in [0.2, 0.25) is 5.02 Å². The first-order chi connectivity index (χ1) is 11.7. The van der Waals surface area contributed by atoms with Crippen LogP contribution < -0.4 is 9.64 Å². The highest BCUT2D eigenvalue weighted by atomic mass is 35.5. The van der Waals surface area contributed by atoms with E-state index in [-0.39, 0.29) is 5.91 Å². The van der Waals surface area contributed by atoms with Crippen molar-refractivity contribution in [3.8, 4) is 5.75 Å². The molecule has 1 saturated heterocycles. The van der Waals surface area contributed by atoms with Crippen LogP contribution in [0.25, 0.3) is 0 Å². The summed E-state index contributed by atoms with van der Waals surface area (Å²) in [6.07, 6.45) is 0.427. The lowest BCUT2D eigenvalue weighted by Crippen LogP contribution is -2.49. The third-order valence-corrected chi connectivity index (χ3v) is 4.66. The zero-order valence-corrected chi connectivity index (χ0v) is 14.5. The van der Waals surface area contributed by atoms with Gasteiger partial charge in [-0.15, -0.1) is 0 Å². The Morgan fingerprint density at radius 2 is 1.71 bits per heavy atom. The first-order valence-electron chi connectivity index (χ1n) is 8.07. The van der Waals surface area contributed by atoms with E-state index in [1.165, 1.54) is 0 Å². The molecule has 0 bridgehead atoms. The second-order valence-electron chi connectivity index (χ2n) is 5.84. The van der Waals surface area contributed by atoms with Crippen molar-refractivity contribution in [1.29, 1.82) is 0 Å². The maximum atomic E-state index is 12.5. The van der Waals surface area contributed by atoms with Gasteiger partial charge < -0.3 is 14.5 Å². The van der Waals surface area contributed by atoms with Gasteiger partial charge in [-0.25, -0.2) is 0 Å². The third-order valence-electron chi connectivity index (χ3n) is 4.34. The Kier molecular flexibility index (Phi) is 5.26. The molecule has 0 aromatic heterocycles. The highest BCUT2D eigenvalue weighted by Gasteiger charge is 2.22. The monoisotopic (exact) mass is 344 g/mol. The molecule has 0 aliphatic carbocycles. The minimum atomic E-state index is 0.166. The van der Waals surface area contributed by atoms with Gasteiger partial charge in [-0.2, -0.15) is 0 Å². The minimum Gasteiger partial charge on any atom is -0.497 e. The fraction of sp³-hybridized carbons (Fsp3) is 0.316. The van der Waals surface area contributed by atoms with Crippen LogP contribution in [0.4, 0.5) is 5.69 Å². The van der Waals surface area contributed by atoms with E-state index in [2.05, 4.69) is 4.90 Å². The quantitative estimate of drug-likeness (QED) is 0.853. The maximum absolute atomic E-state index is 12.5. The molecule has 0 radical (unpaired) electrons. The Morgan fingerprint density at radius 1 is 1.04 bits per heavy atom. The number of rotatable bonds is 4. The number of anilines is 1. The molecular weight excluding hydrogens is 324 g/mol. The molecule has 2 aromatic rings. The van der Waals surface area contributed by atoms with E-state index in [0.717, 1.165) is 48.2 Å². The second-order valence-corrected chi connectivity index (χ2v) is 6.25. The highest BCUT2D eigenvalue weighted by molar-refractivity contribution is 6.33. The van der Waals surface area contributed by atoms with Gasteiger partial charge in [-0.05, 0) is 29.8 Å². The summed E-state index contributed by atoms with van der Waals surface area (Å²) < 4.78 is 5.14. The fourth-order valence-corrected chi connectivity index (χ4v) is 3.19. The molecule has 0 spiro atoms. The van der Waals surface area contributed by atoms with Gasteiger partial charge in [0, 0.05) is 26.2 Å². The SMILES string of the molecule is COc1ccc(CC(=O)N2CCN(c3ccccc3Cl)CC2)cc1. The molecule has 1 heterocycles. The molecule has 5 heteroatoms. The Labute approximate surface area is 147 Å². The number of nitrogens with zero attached hydrogens (tertiary/aromatic N) is 2. The van der Waals surface area contributed by atoms with Gasteiger partial charge in [0.15, 0.2) is 0 Å². The average molecular weight is 345 g/mol. The number of hydrogen-bond acceptors (Lipinski definition) is 3. The van der Waals surface area contributed by atoms with Gasteiger partial charge in [-0.3, -0.25) is 4.79 Å². The molecule has 0 saturated carbocycles. The van der Waals surface area contributed by atoms with Crippen molar-refractivity contribution >= 4 is 23.2 Å². The van der Waals surface area contributed by atoms with Crippen molar-refractivity contribution in [1.82, 2.24) is 4.90 Å². The van der Waals surface area contributed by atoms with Crippen LogP contribution in [0.15, 0.2) is 48.5 Å². The summed E-state index contributed by atoms with van der Waals surface area (Å²) in [6, 6.07) is 15.5. The number of hydrogen-bond donors (Lipinski definition) is 0. The Balaban J connectivity index is 1.56. The molecule has 3 rings (SSSR count). The van der Waals surface area contributed by atoms with E-state index in [1.807, 2.05) is 53.4 Å². The zero-order valence-electron chi connectivity index (χ0n) is 13.7. The van der Waals surface area contributed by atoms with E-state index < -0.39 is 0 Å². The van der Waals surface area contributed by atoms with E-state index in [4.69, 9.17) is 16.3 Å². The normalized spacial score (nSPS) is 14.6. The molecule has 0 atom stereocenters. The van der Waals surface area contributed by atoms with E-state index in [9.17, 15) is 4.79 Å². The number of methoxy groups -OCH3 is 1. The van der Waals surface area contributed by atoms with Crippen LogP contribution in [0, 0.1) is 0 Å². The number of carbonyl (C=O) groups is 1. The second kappa shape index (κ2) is 7.58. The standard InChI is InChI=1S/C19H21ClN2O2/c1-24-16-8-6-15(7-9-16)14-19(23)22-12-10-21(11-13-22)18-5-3-2-4-17(18)20/h2-9H,10-14H2,1H3. The maximum Gasteiger partial charge on any atom is 0.227 e. The van der Waals surface area contributed by atoms with Crippen molar-refractivity contribution in [2.45, 2.75) is 6.42 Å².